The molecule has 1 fully saturated rings. The number of imidazole rings is 1. The molecular formula is C13H17N5O2. The molecule has 0 saturated carbocycles. The van der Waals surface area contributed by atoms with Gasteiger partial charge in [0.05, 0.1) is 13.2 Å². The Balaban J connectivity index is 1.76. The number of carbonyl (C=O) groups excluding carboxylic acids is 1. The topological polar surface area (TPSA) is 76.0 Å². The Bertz CT molecular complexity index is 577. The third kappa shape index (κ3) is 2.57. The van der Waals surface area contributed by atoms with Crippen LogP contribution in [0.25, 0.3) is 0 Å². The van der Waals surface area contributed by atoms with Crippen molar-refractivity contribution in [2.45, 2.75) is 19.5 Å². The number of amides is 1. The van der Waals surface area contributed by atoms with E-state index in [0.29, 0.717) is 19.8 Å². The lowest BCUT2D eigenvalue weighted by Gasteiger charge is -2.34. The van der Waals surface area contributed by atoms with Gasteiger partial charge in [0.2, 0.25) is 5.91 Å². The molecule has 2 aromatic heterocycles. The van der Waals surface area contributed by atoms with Gasteiger partial charge < -0.3 is 14.6 Å². The van der Waals surface area contributed by atoms with Crippen molar-refractivity contribution in [3.8, 4) is 0 Å². The van der Waals surface area contributed by atoms with E-state index in [-0.39, 0.29) is 18.5 Å². The standard InChI is InChI=1S/C13H17N5O2/c1-10-7-14-13(16-10)11-9-20-6-5-18(11)12(19)8-17-4-2-3-15-17/h2-4,7,11H,5-6,8-9H2,1H3,(H,14,16)/t11-/m0/s1. The van der Waals surface area contributed by atoms with Crippen LogP contribution in [0.5, 0.6) is 0 Å². The van der Waals surface area contributed by atoms with Crippen LogP contribution in [-0.2, 0) is 16.1 Å². The molecule has 3 heterocycles. The highest BCUT2D eigenvalue weighted by Crippen LogP contribution is 2.22. The number of rotatable bonds is 3. The predicted molar refractivity (Wildman–Crippen MR) is 70.8 cm³/mol. The number of ether oxygens (including phenoxy) is 1. The monoisotopic (exact) mass is 275 g/mol. The second-order valence-corrected chi connectivity index (χ2v) is 4.83. The highest BCUT2D eigenvalue weighted by atomic mass is 16.5. The number of carbonyl (C=O) groups is 1. The second kappa shape index (κ2) is 5.46. The van der Waals surface area contributed by atoms with Crippen LogP contribution in [0.15, 0.2) is 24.7 Å². The Morgan fingerprint density at radius 1 is 1.60 bits per heavy atom. The van der Waals surface area contributed by atoms with Crippen LogP contribution in [-0.4, -0.2) is 50.3 Å². The van der Waals surface area contributed by atoms with Crippen LogP contribution >= 0.6 is 0 Å². The van der Waals surface area contributed by atoms with E-state index in [1.165, 1.54) is 0 Å². The number of aromatic amines is 1. The highest BCUT2D eigenvalue weighted by molar-refractivity contribution is 5.76. The summed E-state index contributed by atoms with van der Waals surface area (Å²) in [6.07, 6.45) is 5.21. The number of hydrogen-bond donors (Lipinski definition) is 1. The first-order valence-corrected chi connectivity index (χ1v) is 6.60. The molecule has 1 aliphatic heterocycles. The second-order valence-electron chi connectivity index (χ2n) is 4.83. The van der Waals surface area contributed by atoms with E-state index in [2.05, 4.69) is 15.1 Å². The number of nitrogens with one attached hydrogen (secondary N) is 1. The van der Waals surface area contributed by atoms with Crippen molar-refractivity contribution >= 4 is 5.91 Å². The molecule has 0 spiro atoms. The molecule has 3 rings (SSSR count). The number of nitrogens with zero attached hydrogens (tertiary/aromatic N) is 4. The maximum atomic E-state index is 12.4. The van der Waals surface area contributed by atoms with E-state index in [4.69, 9.17) is 4.74 Å². The summed E-state index contributed by atoms with van der Waals surface area (Å²) in [5.74, 6) is 0.798. The van der Waals surface area contributed by atoms with Gasteiger partial charge in [-0.05, 0) is 13.0 Å². The zero-order valence-electron chi connectivity index (χ0n) is 11.3. The quantitative estimate of drug-likeness (QED) is 0.885. The minimum absolute atomic E-state index is 0.0241. The SMILES string of the molecule is Cc1cnc([C@@H]2COCCN2C(=O)Cn2cccn2)[nH]1. The van der Waals surface area contributed by atoms with Crippen LogP contribution in [0.1, 0.15) is 17.6 Å². The van der Waals surface area contributed by atoms with Gasteiger partial charge in [-0.1, -0.05) is 0 Å². The van der Waals surface area contributed by atoms with Gasteiger partial charge in [-0.3, -0.25) is 9.48 Å². The molecule has 20 heavy (non-hydrogen) atoms. The third-order valence-electron chi connectivity index (χ3n) is 3.34. The molecule has 1 atom stereocenters. The predicted octanol–water partition coefficient (Wildman–Crippen LogP) is 0.515. The fourth-order valence-electron chi connectivity index (χ4n) is 2.35. The number of aryl methyl sites for hydroxylation is 1. The molecule has 0 unspecified atom stereocenters. The van der Waals surface area contributed by atoms with Crippen molar-refractivity contribution in [2.75, 3.05) is 19.8 Å². The molecule has 1 saturated heterocycles. The maximum Gasteiger partial charge on any atom is 0.245 e. The molecule has 7 heteroatoms. The molecule has 1 aliphatic rings. The van der Waals surface area contributed by atoms with Gasteiger partial charge >= 0.3 is 0 Å². The molecule has 0 radical (unpaired) electrons. The molecule has 0 aliphatic carbocycles. The molecule has 1 amide bonds. The first kappa shape index (κ1) is 12.9. The van der Waals surface area contributed by atoms with Gasteiger partial charge in [-0.25, -0.2) is 4.98 Å². The average molecular weight is 275 g/mol. The lowest BCUT2D eigenvalue weighted by atomic mass is 10.2. The molecule has 2 aromatic rings. The zero-order valence-corrected chi connectivity index (χ0v) is 11.3. The summed E-state index contributed by atoms with van der Waals surface area (Å²) in [6.45, 7) is 3.78. The summed E-state index contributed by atoms with van der Waals surface area (Å²) in [4.78, 5) is 21.7. The lowest BCUT2D eigenvalue weighted by molar-refractivity contribution is -0.141. The number of aromatic nitrogens is 4. The molecular weight excluding hydrogens is 258 g/mol. The van der Waals surface area contributed by atoms with Crippen LogP contribution in [0.2, 0.25) is 0 Å². The van der Waals surface area contributed by atoms with E-state index < -0.39 is 0 Å². The van der Waals surface area contributed by atoms with Crippen molar-refractivity contribution in [3.63, 3.8) is 0 Å². The summed E-state index contributed by atoms with van der Waals surface area (Å²) in [6, 6.07) is 1.65. The van der Waals surface area contributed by atoms with Crippen LogP contribution in [0.4, 0.5) is 0 Å². The van der Waals surface area contributed by atoms with Gasteiger partial charge in [0.1, 0.15) is 18.4 Å². The van der Waals surface area contributed by atoms with E-state index in [9.17, 15) is 4.79 Å². The first-order valence-electron chi connectivity index (χ1n) is 6.60. The van der Waals surface area contributed by atoms with Gasteiger partial charge in [0.15, 0.2) is 0 Å². The fraction of sp³-hybridized carbons (Fsp3) is 0.462. The fourth-order valence-corrected chi connectivity index (χ4v) is 2.35. The number of hydrogen-bond acceptors (Lipinski definition) is 4. The Kier molecular flexibility index (Phi) is 3.51. The van der Waals surface area contributed by atoms with Gasteiger partial charge in [-0.2, -0.15) is 5.10 Å². The van der Waals surface area contributed by atoms with Crippen LogP contribution in [0.3, 0.4) is 0 Å². The van der Waals surface area contributed by atoms with Crippen molar-refractivity contribution < 1.29 is 9.53 Å². The molecule has 1 N–H and O–H groups in total. The average Bonchev–Trinajstić information content (AvgIpc) is 3.10. The summed E-state index contributed by atoms with van der Waals surface area (Å²) >= 11 is 0. The summed E-state index contributed by atoms with van der Waals surface area (Å²) in [7, 11) is 0. The summed E-state index contributed by atoms with van der Waals surface area (Å²) in [5.41, 5.74) is 0.977. The Morgan fingerprint density at radius 2 is 2.50 bits per heavy atom. The maximum absolute atomic E-state index is 12.4. The van der Waals surface area contributed by atoms with Crippen LogP contribution < -0.4 is 0 Å². The zero-order chi connectivity index (χ0) is 13.9. The third-order valence-corrected chi connectivity index (χ3v) is 3.34. The van der Waals surface area contributed by atoms with E-state index in [0.717, 1.165) is 11.5 Å². The molecule has 0 aromatic carbocycles. The van der Waals surface area contributed by atoms with Gasteiger partial charge in [0, 0.05) is 30.8 Å². The minimum Gasteiger partial charge on any atom is -0.377 e. The summed E-state index contributed by atoms with van der Waals surface area (Å²) in [5, 5.41) is 4.07. The normalized spacial score (nSPS) is 19.2. The Morgan fingerprint density at radius 3 is 3.20 bits per heavy atom. The van der Waals surface area contributed by atoms with Crippen molar-refractivity contribution in [3.05, 3.63) is 36.2 Å². The van der Waals surface area contributed by atoms with Crippen LogP contribution in [0, 0.1) is 6.92 Å². The highest BCUT2D eigenvalue weighted by Gasteiger charge is 2.30. The van der Waals surface area contributed by atoms with E-state index in [1.807, 2.05) is 11.8 Å². The largest absolute Gasteiger partial charge is 0.377 e. The number of H-pyrrole nitrogens is 1. The Labute approximate surface area is 116 Å². The molecule has 0 bridgehead atoms. The van der Waals surface area contributed by atoms with Gasteiger partial charge in [-0.15, -0.1) is 0 Å². The number of morpholine rings is 1. The Hall–Kier alpha value is -2.15. The van der Waals surface area contributed by atoms with Crippen molar-refractivity contribution in [1.29, 1.82) is 0 Å². The van der Waals surface area contributed by atoms with E-state index in [1.54, 1.807) is 29.3 Å². The van der Waals surface area contributed by atoms with Crippen molar-refractivity contribution in [2.24, 2.45) is 0 Å². The lowest BCUT2D eigenvalue weighted by Crippen LogP contribution is -2.45. The first-order chi connectivity index (χ1) is 9.74. The van der Waals surface area contributed by atoms with Crippen molar-refractivity contribution in [1.82, 2.24) is 24.6 Å². The molecule has 7 nitrogen and oxygen atoms in total. The smallest absolute Gasteiger partial charge is 0.245 e. The molecule has 106 valence electrons. The van der Waals surface area contributed by atoms with Gasteiger partial charge in [0.25, 0.3) is 0 Å². The minimum atomic E-state index is -0.152. The van der Waals surface area contributed by atoms with E-state index >= 15 is 0 Å². The summed E-state index contributed by atoms with van der Waals surface area (Å²) < 4.78 is 7.11.